The largest absolute Gasteiger partial charge is 0.493 e. The summed E-state index contributed by atoms with van der Waals surface area (Å²) in [5.41, 5.74) is 0.227. The van der Waals surface area contributed by atoms with Gasteiger partial charge in [0.1, 0.15) is 11.3 Å². The summed E-state index contributed by atoms with van der Waals surface area (Å²) >= 11 is 0. The maximum atomic E-state index is 11.4. The minimum Gasteiger partial charge on any atom is -0.493 e. The molecule has 2 aromatic rings. The molecule has 0 spiro atoms. The lowest BCUT2D eigenvalue weighted by atomic mass is 9.97. The average Bonchev–Trinajstić information content (AvgIpc) is 2.55. The van der Waals surface area contributed by atoms with Crippen molar-refractivity contribution in [3.8, 4) is 5.75 Å². The van der Waals surface area contributed by atoms with Gasteiger partial charge in [-0.15, -0.1) is 0 Å². The number of carboxylic acid groups (broad SMARTS) is 1. The topological polar surface area (TPSA) is 55.8 Å². The Morgan fingerprint density at radius 2 is 1.86 bits per heavy atom. The molecule has 22 heavy (non-hydrogen) atoms. The molecule has 1 fully saturated rings. The van der Waals surface area contributed by atoms with Crippen LogP contribution < -0.4 is 4.74 Å². The molecule has 0 radical (unpaired) electrons. The SMILES string of the molecule is O=C(O)c1cc2ccccc2cc1OCCC1CCOCC1. The Labute approximate surface area is 129 Å². The Kier molecular flexibility index (Phi) is 4.59. The van der Waals surface area contributed by atoms with Crippen LogP contribution in [0, 0.1) is 5.92 Å². The van der Waals surface area contributed by atoms with E-state index in [4.69, 9.17) is 9.47 Å². The Balaban J connectivity index is 1.73. The third-order valence-corrected chi connectivity index (χ3v) is 4.20. The van der Waals surface area contributed by atoms with Gasteiger partial charge in [-0.25, -0.2) is 4.79 Å². The van der Waals surface area contributed by atoms with Gasteiger partial charge in [-0.05, 0) is 48.1 Å². The normalized spacial score (nSPS) is 15.8. The Morgan fingerprint density at radius 1 is 1.18 bits per heavy atom. The number of hydrogen-bond donors (Lipinski definition) is 1. The number of fused-ring (bicyclic) bond motifs is 1. The van der Waals surface area contributed by atoms with Gasteiger partial charge < -0.3 is 14.6 Å². The monoisotopic (exact) mass is 300 g/mol. The number of carboxylic acids is 1. The zero-order valence-electron chi connectivity index (χ0n) is 12.5. The van der Waals surface area contributed by atoms with E-state index in [1.165, 1.54) is 0 Å². The van der Waals surface area contributed by atoms with Gasteiger partial charge in [-0.2, -0.15) is 0 Å². The molecular formula is C18H20O4. The Bertz CT molecular complexity index is 659. The zero-order valence-corrected chi connectivity index (χ0v) is 12.5. The van der Waals surface area contributed by atoms with E-state index < -0.39 is 5.97 Å². The number of rotatable bonds is 5. The fraction of sp³-hybridized carbons (Fsp3) is 0.389. The van der Waals surface area contributed by atoms with Crippen LogP contribution in [-0.2, 0) is 4.74 Å². The van der Waals surface area contributed by atoms with Crippen LogP contribution in [-0.4, -0.2) is 30.9 Å². The molecule has 0 saturated carbocycles. The highest BCUT2D eigenvalue weighted by Gasteiger charge is 2.16. The fourth-order valence-corrected chi connectivity index (χ4v) is 2.88. The summed E-state index contributed by atoms with van der Waals surface area (Å²) in [7, 11) is 0. The maximum absolute atomic E-state index is 11.4. The van der Waals surface area contributed by atoms with E-state index in [-0.39, 0.29) is 5.56 Å². The first-order chi connectivity index (χ1) is 10.7. The first kappa shape index (κ1) is 14.9. The molecule has 4 nitrogen and oxygen atoms in total. The highest BCUT2D eigenvalue weighted by atomic mass is 16.5. The molecule has 1 N–H and O–H groups in total. The van der Waals surface area contributed by atoms with Crippen LogP contribution in [0.2, 0.25) is 0 Å². The predicted molar refractivity (Wildman–Crippen MR) is 84.6 cm³/mol. The molecule has 1 heterocycles. The van der Waals surface area contributed by atoms with Crippen molar-refractivity contribution in [3.63, 3.8) is 0 Å². The first-order valence-electron chi connectivity index (χ1n) is 7.70. The van der Waals surface area contributed by atoms with Crippen LogP contribution in [0.5, 0.6) is 5.75 Å². The van der Waals surface area contributed by atoms with Gasteiger partial charge in [-0.1, -0.05) is 24.3 Å². The number of benzene rings is 2. The highest BCUT2D eigenvalue weighted by Crippen LogP contribution is 2.27. The molecule has 0 amide bonds. The maximum Gasteiger partial charge on any atom is 0.339 e. The average molecular weight is 300 g/mol. The smallest absolute Gasteiger partial charge is 0.339 e. The van der Waals surface area contributed by atoms with Gasteiger partial charge in [0.15, 0.2) is 0 Å². The molecule has 3 rings (SSSR count). The van der Waals surface area contributed by atoms with Crippen molar-refractivity contribution in [2.75, 3.05) is 19.8 Å². The van der Waals surface area contributed by atoms with Gasteiger partial charge in [0.25, 0.3) is 0 Å². The van der Waals surface area contributed by atoms with Crippen LogP contribution in [0.4, 0.5) is 0 Å². The van der Waals surface area contributed by atoms with Crippen molar-refractivity contribution >= 4 is 16.7 Å². The van der Waals surface area contributed by atoms with E-state index in [2.05, 4.69) is 0 Å². The molecule has 0 unspecified atom stereocenters. The molecule has 4 heteroatoms. The lowest BCUT2D eigenvalue weighted by Crippen LogP contribution is -2.18. The molecule has 2 aromatic carbocycles. The second kappa shape index (κ2) is 6.79. The Hall–Kier alpha value is -2.07. The molecule has 116 valence electrons. The summed E-state index contributed by atoms with van der Waals surface area (Å²) in [6.07, 6.45) is 3.06. The number of hydrogen-bond acceptors (Lipinski definition) is 3. The van der Waals surface area contributed by atoms with Crippen molar-refractivity contribution in [1.82, 2.24) is 0 Å². The summed E-state index contributed by atoms with van der Waals surface area (Å²) in [6, 6.07) is 11.2. The van der Waals surface area contributed by atoms with Crippen molar-refractivity contribution in [2.45, 2.75) is 19.3 Å². The zero-order chi connectivity index (χ0) is 15.4. The van der Waals surface area contributed by atoms with Gasteiger partial charge in [0.05, 0.1) is 6.61 Å². The summed E-state index contributed by atoms with van der Waals surface area (Å²) in [4.78, 5) is 11.4. The second-order valence-corrected chi connectivity index (χ2v) is 5.69. The van der Waals surface area contributed by atoms with Gasteiger partial charge >= 0.3 is 5.97 Å². The van der Waals surface area contributed by atoms with Crippen LogP contribution >= 0.6 is 0 Å². The van der Waals surface area contributed by atoms with Gasteiger partial charge in [-0.3, -0.25) is 0 Å². The Morgan fingerprint density at radius 3 is 2.55 bits per heavy atom. The lowest BCUT2D eigenvalue weighted by molar-refractivity contribution is 0.0591. The number of carbonyl (C=O) groups is 1. The van der Waals surface area contributed by atoms with E-state index in [9.17, 15) is 9.90 Å². The molecule has 1 aliphatic rings. The summed E-state index contributed by atoms with van der Waals surface area (Å²) in [6.45, 7) is 2.19. The quantitative estimate of drug-likeness (QED) is 0.914. The van der Waals surface area contributed by atoms with Crippen LogP contribution in [0.15, 0.2) is 36.4 Å². The number of ether oxygens (including phenoxy) is 2. The lowest BCUT2D eigenvalue weighted by Gasteiger charge is -2.22. The summed E-state index contributed by atoms with van der Waals surface area (Å²) in [5.74, 6) is 0.118. The molecule has 0 atom stereocenters. The third kappa shape index (κ3) is 3.39. The minimum atomic E-state index is -0.952. The van der Waals surface area contributed by atoms with E-state index >= 15 is 0 Å². The molecular weight excluding hydrogens is 280 g/mol. The van der Waals surface area contributed by atoms with Crippen LogP contribution in [0.3, 0.4) is 0 Å². The fourth-order valence-electron chi connectivity index (χ4n) is 2.88. The molecule has 1 saturated heterocycles. The van der Waals surface area contributed by atoms with E-state index in [0.717, 1.165) is 43.2 Å². The van der Waals surface area contributed by atoms with Crippen molar-refractivity contribution < 1.29 is 19.4 Å². The highest BCUT2D eigenvalue weighted by molar-refractivity contribution is 5.97. The van der Waals surface area contributed by atoms with Gasteiger partial charge in [0, 0.05) is 13.2 Å². The molecule has 0 bridgehead atoms. The molecule has 0 aromatic heterocycles. The van der Waals surface area contributed by atoms with Crippen molar-refractivity contribution in [1.29, 1.82) is 0 Å². The number of aromatic carboxylic acids is 1. The molecule has 1 aliphatic heterocycles. The van der Waals surface area contributed by atoms with E-state index in [1.807, 2.05) is 30.3 Å². The van der Waals surface area contributed by atoms with Gasteiger partial charge in [0.2, 0.25) is 0 Å². The third-order valence-electron chi connectivity index (χ3n) is 4.20. The first-order valence-corrected chi connectivity index (χ1v) is 7.70. The minimum absolute atomic E-state index is 0.227. The van der Waals surface area contributed by atoms with Crippen molar-refractivity contribution in [2.24, 2.45) is 5.92 Å². The summed E-state index contributed by atoms with van der Waals surface area (Å²) < 4.78 is 11.1. The van der Waals surface area contributed by atoms with Crippen molar-refractivity contribution in [3.05, 3.63) is 42.0 Å². The summed E-state index contributed by atoms with van der Waals surface area (Å²) in [5, 5.41) is 11.3. The van der Waals surface area contributed by atoms with E-state index in [1.54, 1.807) is 6.07 Å². The van der Waals surface area contributed by atoms with Crippen LogP contribution in [0.25, 0.3) is 10.8 Å². The standard InChI is InChI=1S/C18H20O4/c19-18(20)16-11-14-3-1-2-4-15(14)12-17(16)22-10-7-13-5-8-21-9-6-13/h1-4,11-13H,5-10H2,(H,19,20). The molecule has 0 aliphatic carbocycles. The second-order valence-electron chi connectivity index (χ2n) is 5.69. The van der Waals surface area contributed by atoms with Crippen LogP contribution in [0.1, 0.15) is 29.6 Å². The predicted octanol–water partition coefficient (Wildman–Crippen LogP) is 3.73. The van der Waals surface area contributed by atoms with E-state index in [0.29, 0.717) is 18.3 Å².